The summed E-state index contributed by atoms with van der Waals surface area (Å²) < 4.78 is 0. The van der Waals surface area contributed by atoms with Crippen LogP contribution in [0.2, 0.25) is 0 Å². The zero-order valence-corrected chi connectivity index (χ0v) is 10.4. The average Bonchev–Trinajstić information content (AvgIpc) is 2.84. The van der Waals surface area contributed by atoms with Gasteiger partial charge >= 0.3 is 6.03 Å². The van der Waals surface area contributed by atoms with E-state index < -0.39 is 0 Å². The van der Waals surface area contributed by atoms with E-state index in [-0.39, 0.29) is 24.0 Å². The molecule has 2 aliphatic heterocycles. The molecule has 0 bridgehead atoms. The summed E-state index contributed by atoms with van der Waals surface area (Å²) in [5.74, 6) is 5.87. The number of urea groups is 1. The van der Waals surface area contributed by atoms with Crippen molar-refractivity contribution in [3.8, 4) is 0 Å². The number of carbonyl (C=O) groups excluding carboxylic acids is 2. The molecule has 0 spiro atoms. The van der Waals surface area contributed by atoms with Crippen molar-refractivity contribution in [3.05, 3.63) is 0 Å². The Morgan fingerprint density at radius 1 is 1.47 bits per heavy atom. The van der Waals surface area contributed by atoms with Crippen molar-refractivity contribution in [1.29, 1.82) is 0 Å². The minimum Gasteiger partial charge on any atom is -0.332 e. The molecule has 0 radical (unpaired) electrons. The number of hydrogen-bond donors (Lipinski definition) is 4. The van der Waals surface area contributed by atoms with E-state index in [1.54, 1.807) is 0 Å². The van der Waals surface area contributed by atoms with Crippen molar-refractivity contribution in [1.82, 2.24) is 16.1 Å². The van der Waals surface area contributed by atoms with Crippen molar-refractivity contribution in [3.63, 3.8) is 0 Å². The fourth-order valence-electron chi connectivity index (χ4n) is 2.35. The van der Waals surface area contributed by atoms with Crippen LogP contribution in [-0.2, 0) is 4.79 Å². The first-order valence-electron chi connectivity index (χ1n) is 5.89. The molecule has 0 aliphatic carbocycles. The van der Waals surface area contributed by atoms with E-state index in [2.05, 4.69) is 16.1 Å². The fourth-order valence-corrected chi connectivity index (χ4v) is 3.89. The Morgan fingerprint density at radius 3 is 3.06 bits per heavy atom. The Hall–Kier alpha value is -0.950. The first-order chi connectivity index (χ1) is 8.20. The molecule has 17 heavy (non-hydrogen) atoms. The number of hydrazine groups is 1. The number of thioether (sulfide) groups is 1. The Kier molecular flexibility index (Phi) is 4.11. The van der Waals surface area contributed by atoms with Gasteiger partial charge in [0, 0.05) is 17.4 Å². The second-order valence-corrected chi connectivity index (χ2v) is 5.71. The molecule has 7 heteroatoms. The van der Waals surface area contributed by atoms with Crippen molar-refractivity contribution in [2.45, 2.75) is 43.0 Å². The largest absolute Gasteiger partial charge is 0.332 e. The van der Waals surface area contributed by atoms with Gasteiger partial charge in [0.25, 0.3) is 0 Å². The van der Waals surface area contributed by atoms with Crippen LogP contribution in [0.4, 0.5) is 4.79 Å². The number of amides is 3. The van der Waals surface area contributed by atoms with Crippen molar-refractivity contribution in [2.24, 2.45) is 5.84 Å². The number of nitrogens with two attached hydrogens (primary N) is 1. The lowest BCUT2D eigenvalue weighted by Gasteiger charge is -2.16. The second-order valence-electron chi connectivity index (χ2n) is 4.44. The maximum atomic E-state index is 11.2. The van der Waals surface area contributed by atoms with Gasteiger partial charge in [-0.25, -0.2) is 10.6 Å². The summed E-state index contributed by atoms with van der Waals surface area (Å²) in [5.41, 5.74) is 2.13. The molecular weight excluding hydrogens is 240 g/mol. The number of fused-ring (bicyclic) bond motifs is 1. The first-order valence-corrected chi connectivity index (χ1v) is 6.93. The molecule has 6 nitrogen and oxygen atoms in total. The smallest absolute Gasteiger partial charge is 0.315 e. The summed E-state index contributed by atoms with van der Waals surface area (Å²) in [6.45, 7) is 0. The van der Waals surface area contributed by atoms with Crippen LogP contribution in [-0.4, -0.2) is 35.0 Å². The maximum Gasteiger partial charge on any atom is 0.315 e. The van der Waals surface area contributed by atoms with Gasteiger partial charge < -0.3 is 10.6 Å². The maximum absolute atomic E-state index is 11.2. The predicted octanol–water partition coefficient (Wildman–Crippen LogP) is -0.298. The molecule has 2 saturated heterocycles. The van der Waals surface area contributed by atoms with Crippen LogP contribution in [0.25, 0.3) is 0 Å². The standard InChI is InChI=1S/C10H18N4O2S/c11-14-8(15)4-2-1-3-7-9-6(5-17-7)12-10(16)13-9/h6-7,9H,1-5,11H2,(H,14,15)(H2,12,13,16)/t6-,7+,9+/m0/s1. The molecule has 2 fully saturated rings. The lowest BCUT2D eigenvalue weighted by atomic mass is 10.0. The third-order valence-electron chi connectivity index (χ3n) is 3.24. The highest BCUT2D eigenvalue weighted by Crippen LogP contribution is 2.33. The van der Waals surface area contributed by atoms with E-state index in [1.807, 2.05) is 11.8 Å². The zero-order chi connectivity index (χ0) is 12.3. The molecule has 0 saturated carbocycles. The van der Waals surface area contributed by atoms with Gasteiger partial charge in [-0.05, 0) is 12.8 Å². The molecule has 5 N–H and O–H groups in total. The number of carbonyl (C=O) groups is 2. The minimum atomic E-state index is -0.113. The molecule has 3 atom stereocenters. The molecule has 0 unspecified atom stereocenters. The summed E-state index contributed by atoms with van der Waals surface area (Å²) in [5, 5.41) is 6.34. The molecule has 0 aromatic heterocycles. The summed E-state index contributed by atoms with van der Waals surface area (Å²) in [7, 11) is 0. The molecular formula is C10H18N4O2S. The fraction of sp³-hybridized carbons (Fsp3) is 0.800. The van der Waals surface area contributed by atoms with Crippen molar-refractivity contribution >= 4 is 23.7 Å². The van der Waals surface area contributed by atoms with Crippen LogP contribution in [0.3, 0.4) is 0 Å². The monoisotopic (exact) mass is 258 g/mol. The van der Waals surface area contributed by atoms with Crippen LogP contribution in [0.15, 0.2) is 0 Å². The normalized spacial score (nSPS) is 30.6. The second kappa shape index (κ2) is 5.59. The molecule has 2 rings (SSSR count). The van der Waals surface area contributed by atoms with E-state index in [4.69, 9.17) is 5.84 Å². The van der Waals surface area contributed by atoms with Crippen LogP contribution in [0.1, 0.15) is 25.7 Å². The van der Waals surface area contributed by atoms with E-state index >= 15 is 0 Å². The third kappa shape index (κ3) is 3.04. The summed E-state index contributed by atoms with van der Waals surface area (Å²) in [4.78, 5) is 22.1. The van der Waals surface area contributed by atoms with Gasteiger partial charge in [-0.15, -0.1) is 0 Å². The number of nitrogens with one attached hydrogen (secondary N) is 3. The molecule has 2 aliphatic rings. The van der Waals surface area contributed by atoms with Gasteiger partial charge in [0.2, 0.25) is 5.91 Å². The quantitative estimate of drug-likeness (QED) is 0.179. The van der Waals surface area contributed by atoms with E-state index in [0.29, 0.717) is 11.7 Å². The highest BCUT2D eigenvalue weighted by molar-refractivity contribution is 8.00. The Balaban J connectivity index is 1.66. The van der Waals surface area contributed by atoms with Gasteiger partial charge in [0.1, 0.15) is 0 Å². The third-order valence-corrected chi connectivity index (χ3v) is 4.75. The van der Waals surface area contributed by atoms with E-state index in [9.17, 15) is 9.59 Å². The highest BCUT2D eigenvalue weighted by Gasteiger charge is 2.42. The molecule has 2 heterocycles. The van der Waals surface area contributed by atoms with Crippen molar-refractivity contribution in [2.75, 3.05) is 5.75 Å². The average molecular weight is 258 g/mol. The highest BCUT2D eigenvalue weighted by atomic mass is 32.2. The van der Waals surface area contributed by atoms with Gasteiger partial charge in [-0.1, -0.05) is 6.42 Å². The predicted molar refractivity (Wildman–Crippen MR) is 66.3 cm³/mol. The first kappa shape index (κ1) is 12.5. The van der Waals surface area contributed by atoms with Gasteiger partial charge in [0.15, 0.2) is 0 Å². The van der Waals surface area contributed by atoms with E-state index in [1.165, 1.54) is 0 Å². The number of rotatable bonds is 5. The topological polar surface area (TPSA) is 96.2 Å². The van der Waals surface area contributed by atoms with Gasteiger partial charge in [-0.3, -0.25) is 10.2 Å². The lowest BCUT2D eigenvalue weighted by Crippen LogP contribution is -2.36. The summed E-state index contributed by atoms with van der Waals surface area (Å²) in [6, 6.07) is 0.494. The van der Waals surface area contributed by atoms with Crippen LogP contribution in [0, 0.1) is 0 Å². The van der Waals surface area contributed by atoms with Crippen LogP contribution >= 0.6 is 11.8 Å². The van der Waals surface area contributed by atoms with Crippen LogP contribution in [0.5, 0.6) is 0 Å². The number of unbranched alkanes of at least 4 members (excludes halogenated alkanes) is 1. The van der Waals surface area contributed by atoms with Crippen molar-refractivity contribution < 1.29 is 9.59 Å². The summed E-state index contributed by atoms with van der Waals surface area (Å²) in [6.07, 6.45) is 3.35. The lowest BCUT2D eigenvalue weighted by molar-refractivity contribution is -0.121. The molecule has 0 aromatic rings. The molecule has 3 amide bonds. The number of hydrogen-bond acceptors (Lipinski definition) is 4. The zero-order valence-electron chi connectivity index (χ0n) is 9.57. The summed E-state index contributed by atoms with van der Waals surface area (Å²) >= 11 is 1.90. The molecule has 0 aromatic carbocycles. The Morgan fingerprint density at radius 2 is 2.29 bits per heavy atom. The minimum absolute atomic E-state index is 0.0483. The Labute approximate surface area is 104 Å². The molecule has 96 valence electrons. The van der Waals surface area contributed by atoms with Gasteiger partial charge in [0.05, 0.1) is 12.1 Å². The van der Waals surface area contributed by atoms with Gasteiger partial charge in [-0.2, -0.15) is 11.8 Å². The van der Waals surface area contributed by atoms with Crippen LogP contribution < -0.4 is 21.9 Å². The SMILES string of the molecule is NNC(=O)CCCC[C@H]1SC[C@@H]2NC(=O)N[C@H]21. The Bertz CT molecular complexity index is 313. The van der Waals surface area contributed by atoms with E-state index in [0.717, 1.165) is 25.0 Å².